The van der Waals surface area contributed by atoms with Crippen molar-refractivity contribution in [2.24, 2.45) is 0 Å². The molecule has 0 fully saturated rings. The van der Waals surface area contributed by atoms with Gasteiger partial charge in [-0.15, -0.1) is 0 Å². The number of methoxy groups -OCH3 is 2. The predicted molar refractivity (Wildman–Crippen MR) is 124 cm³/mol. The van der Waals surface area contributed by atoms with Crippen LogP contribution >= 0.6 is 0 Å². The Morgan fingerprint density at radius 3 is 2.12 bits per heavy atom. The van der Waals surface area contributed by atoms with E-state index in [0.717, 1.165) is 33.5 Å². The van der Waals surface area contributed by atoms with Crippen molar-refractivity contribution in [2.45, 2.75) is 6.04 Å². The topological polar surface area (TPSA) is 63.8 Å². The second-order valence-corrected chi connectivity index (χ2v) is 7.43. The van der Waals surface area contributed by atoms with E-state index in [1.807, 2.05) is 48.7 Å². The molecule has 32 heavy (non-hydrogen) atoms. The molecule has 0 bridgehead atoms. The Hall–Kier alpha value is -3.93. The summed E-state index contributed by atoms with van der Waals surface area (Å²) in [6, 6.07) is 22.7. The largest absolute Gasteiger partial charge is 0.497 e. The number of aromatic amines is 1. The highest BCUT2D eigenvalue weighted by Crippen LogP contribution is 2.34. The van der Waals surface area contributed by atoms with E-state index in [-0.39, 0.29) is 18.6 Å². The van der Waals surface area contributed by atoms with Gasteiger partial charge in [-0.3, -0.25) is 4.79 Å². The van der Waals surface area contributed by atoms with E-state index in [4.69, 9.17) is 14.2 Å². The summed E-state index contributed by atoms with van der Waals surface area (Å²) < 4.78 is 16.2. The third-order valence-corrected chi connectivity index (χ3v) is 5.55. The van der Waals surface area contributed by atoms with Crippen molar-refractivity contribution < 1.29 is 19.0 Å². The minimum absolute atomic E-state index is 0.0716. The summed E-state index contributed by atoms with van der Waals surface area (Å²) in [6.45, 7) is -0.0716. The predicted octanol–water partition coefficient (Wildman–Crippen LogP) is 4.81. The number of ether oxygens (including phenoxy) is 3. The van der Waals surface area contributed by atoms with Gasteiger partial charge in [0, 0.05) is 29.7 Å². The molecule has 4 aromatic rings. The third-order valence-electron chi connectivity index (χ3n) is 5.55. The van der Waals surface area contributed by atoms with Crippen molar-refractivity contribution in [2.75, 3.05) is 27.9 Å². The van der Waals surface area contributed by atoms with Crippen molar-refractivity contribution in [1.82, 2.24) is 9.88 Å². The number of amides is 1. The van der Waals surface area contributed by atoms with Crippen LogP contribution < -0.4 is 14.2 Å². The number of nitrogens with zero attached hydrogens (tertiary/aromatic N) is 1. The summed E-state index contributed by atoms with van der Waals surface area (Å²) in [5.74, 6) is 1.98. The normalized spacial score (nSPS) is 11.7. The molecule has 4 rings (SSSR count). The van der Waals surface area contributed by atoms with E-state index in [0.29, 0.717) is 5.75 Å². The van der Waals surface area contributed by atoms with Crippen molar-refractivity contribution >= 4 is 16.8 Å². The molecular weight excluding hydrogens is 404 g/mol. The van der Waals surface area contributed by atoms with Crippen LogP contribution in [0.3, 0.4) is 0 Å². The maximum atomic E-state index is 13.1. The zero-order valence-corrected chi connectivity index (χ0v) is 18.4. The number of H-pyrrole nitrogens is 1. The number of para-hydroxylation sites is 1. The van der Waals surface area contributed by atoms with Crippen LogP contribution in [-0.4, -0.2) is 43.7 Å². The van der Waals surface area contributed by atoms with Gasteiger partial charge >= 0.3 is 0 Å². The molecule has 3 aromatic carbocycles. The molecule has 1 atom stereocenters. The highest BCUT2D eigenvalue weighted by atomic mass is 16.5. The van der Waals surface area contributed by atoms with E-state index in [1.54, 1.807) is 50.4 Å². The minimum atomic E-state index is -0.288. The van der Waals surface area contributed by atoms with Crippen LogP contribution in [-0.2, 0) is 4.79 Å². The summed E-state index contributed by atoms with van der Waals surface area (Å²) in [7, 11) is 5.05. The summed E-state index contributed by atoms with van der Waals surface area (Å²) in [4.78, 5) is 18.2. The molecule has 164 valence electrons. The Kier molecular flexibility index (Phi) is 6.31. The number of carbonyl (C=O) groups is 1. The molecule has 0 spiro atoms. The fourth-order valence-electron chi connectivity index (χ4n) is 3.78. The number of nitrogens with one attached hydrogen (secondary N) is 1. The van der Waals surface area contributed by atoms with Gasteiger partial charge in [-0.2, -0.15) is 0 Å². The molecule has 1 amide bonds. The van der Waals surface area contributed by atoms with Gasteiger partial charge < -0.3 is 24.1 Å². The zero-order valence-electron chi connectivity index (χ0n) is 18.4. The molecule has 1 heterocycles. The number of rotatable bonds is 8. The van der Waals surface area contributed by atoms with Crippen molar-refractivity contribution in [3.8, 4) is 17.2 Å². The molecule has 1 N–H and O–H groups in total. The van der Waals surface area contributed by atoms with E-state index in [1.165, 1.54) is 0 Å². The number of likely N-dealkylation sites (N-methyl/N-ethyl adjacent to an activating group) is 1. The van der Waals surface area contributed by atoms with Crippen molar-refractivity contribution in [3.63, 3.8) is 0 Å². The van der Waals surface area contributed by atoms with E-state index in [2.05, 4.69) is 11.1 Å². The van der Waals surface area contributed by atoms with Crippen LogP contribution in [0.15, 0.2) is 79.0 Å². The fourth-order valence-corrected chi connectivity index (χ4v) is 3.78. The fraction of sp³-hybridized carbons (Fsp3) is 0.192. The average Bonchev–Trinajstić information content (AvgIpc) is 3.27. The number of fused-ring (bicyclic) bond motifs is 1. The number of aromatic nitrogens is 1. The standard InChI is InChI=1S/C26H26N2O4/c1-28(25(29)17-32-21-14-12-20(31-3)13-15-21)26(18-8-10-19(30-2)11-9-18)23-16-27-24-7-5-4-6-22(23)24/h4-16,26-27H,17H2,1-3H3. The summed E-state index contributed by atoms with van der Waals surface area (Å²) in [6.07, 6.45) is 1.97. The van der Waals surface area contributed by atoms with Crippen LogP contribution in [0.5, 0.6) is 17.2 Å². The third kappa shape index (κ3) is 4.39. The summed E-state index contributed by atoms with van der Waals surface area (Å²) >= 11 is 0. The molecule has 6 heteroatoms. The molecule has 0 aliphatic heterocycles. The van der Waals surface area contributed by atoms with Gasteiger partial charge in [0.1, 0.15) is 17.2 Å². The second kappa shape index (κ2) is 9.47. The quantitative estimate of drug-likeness (QED) is 0.436. The first-order valence-corrected chi connectivity index (χ1v) is 10.3. The zero-order chi connectivity index (χ0) is 22.5. The lowest BCUT2D eigenvalue weighted by Crippen LogP contribution is -2.35. The lowest BCUT2D eigenvalue weighted by molar-refractivity contribution is -0.133. The highest BCUT2D eigenvalue weighted by Gasteiger charge is 2.26. The first kappa shape index (κ1) is 21.3. The number of hydrogen-bond donors (Lipinski definition) is 1. The average molecular weight is 431 g/mol. The SMILES string of the molecule is COc1ccc(OCC(=O)N(C)C(c2ccc(OC)cc2)c2c[nH]c3ccccc23)cc1. The number of hydrogen-bond acceptors (Lipinski definition) is 4. The summed E-state index contributed by atoms with van der Waals surface area (Å²) in [5, 5.41) is 1.07. The molecule has 0 radical (unpaired) electrons. The van der Waals surface area contributed by atoms with Gasteiger partial charge in [0.2, 0.25) is 0 Å². The Bertz CT molecular complexity index is 1180. The number of benzene rings is 3. The molecule has 1 aromatic heterocycles. The van der Waals surface area contributed by atoms with Crippen LogP contribution in [0.2, 0.25) is 0 Å². The molecule has 0 saturated heterocycles. The monoisotopic (exact) mass is 430 g/mol. The molecule has 6 nitrogen and oxygen atoms in total. The van der Waals surface area contributed by atoms with Gasteiger partial charge in [-0.1, -0.05) is 30.3 Å². The molecule has 0 aliphatic carbocycles. The van der Waals surface area contributed by atoms with Gasteiger partial charge in [-0.25, -0.2) is 0 Å². The highest BCUT2D eigenvalue weighted by molar-refractivity contribution is 5.85. The Labute approximate surface area is 187 Å². The van der Waals surface area contributed by atoms with Gasteiger partial charge in [0.15, 0.2) is 6.61 Å². The van der Waals surface area contributed by atoms with Crippen molar-refractivity contribution in [3.05, 3.63) is 90.1 Å². The number of carbonyl (C=O) groups excluding carboxylic acids is 1. The van der Waals surface area contributed by atoms with Crippen LogP contribution in [0.1, 0.15) is 17.2 Å². The van der Waals surface area contributed by atoms with Gasteiger partial charge in [0.05, 0.1) is 20.3 Å². The van der Waals surface area contributed by atoms with E-state index < -0.39 is 0 Å². The first-order chi connectivity index (χ1) is 15.6. The van der Waals surface area contributed by atoms with Crippen LogP contribution in [0, 0.1) is 0 Å². The van der Waals surface area contributed by atoms with Crippen LogP contribution in [0.4, 0.5) is 0 Å². The van der Waals surface area contributed by atoms with Crippen LogP contribution in [0.25, 0.3) is 10.9 Å². The Morgan fingerprint density at radius 2 is 1.47 bits per heavy atom. The Balaban J connectivity index is 1.61. The van der Waals surface area contributed by atoms with E-state index >= 15 is 0 Å². The summed E-state index contributed by atoms with van der Waals surface area (Å²) in [5.41, 5.74) is 3.03. The maximum Gasteiger partial charge on any atom is 0.261 e. The first-order valence-electron chi connectivity index (χ1n) is 10.3. The lowest BCUT2D eigenvalue weighted by atomic mass is 9.96. The van der Waals surface area contributed by atoms with Crippen molar-refractivity contribution in [1.29, 1.82) is 0 Å². The van der Waals surface area contributed by atoms with Gasteiger partial charge in [0.25, 0.3) is 5.91 Å². The molecule has 0 saturated carbocycles. The second-order valence-electron chi connectivity index (χ2n) is 7.43. The lowest BCUT2D eigenvalue weighted by Gasteiger charge is -2.29. The smallest absolute Gasteiger partial charge is 0.261 e. The molecule has 1 unspecified atom stereocenters. The maximum absolute atomic E-state index is 13.1. The Morgan fingerprint density at radius 1 is 0.875 bits per heavy atom. The van der Waals surface area contributed by atoms with Gasteiger partial charge in [-0.05, 0) is 48.0 Å². The minimum Gasteiger partial charge on any atom is -0.497 e. The van der Waals surface area contributed by atoms with E-state index in [9.17, 15) is 4.79 Å². The molecular formula is C26H26N2O4. The molecule has 0 aliphatic rings.